The fourth-order valence-corrected chi connectivity index (χ4v) is 2.21. The van der Waals surface area contributed by atoms with E-state index in [0.29, 0.717) is 16.3 Å². The Bertz CT molecular complexity index is 378. The molecule has 88 valence electrons. The van der Waals surface area contributed by atoms with Crippen molar-refractivity contribution in [3.63, 3.8) is 0 Å². The molecule has 0 aromatic carbocycles. The van der Waals surface area contributed by atoms with E-state index in [1.54, 1.807) is 12.1 Å². The lowest BCUT2D eigenvalue weighted by Gasteiger charge is -2.29. The Morgan fingerprint density at radius 2 is 2.44 bits per heavy atom. The van der Waals surface area contributed by atoms with Crippen LogP contribution in [-0.2, 0) is 0 Å². The van der Waals surface area contributed by atoms with Gasteiger partial charge in [-0.1, -0.05) is 6.92 Å². The summed E-state index contributed by atoms with van der Waals surface area (Å²) in [5.74, 6) is 0.679. The number of piperidine rings is 1. The van der Waals surface area contributed by atoms with Gasteiger partial charge in [-0.25, -0.2) is 0 Å². The Balaban J connectivity index is 1.96. The number of hydrogen-bond donors (Lipinski definition) is 2. The highest BCUT2D eigenvalue weighted by atomic mass is 79.9. The summed E-state index contributed by atoms with van der Waals surface area (Å²) in [7, 11) is 0. The molecule has 2 heterocycles. The van der Waals surface area contributed by atoms with Gasteiger partial charge in [0.1, 0.15) is 0 Å². The first-order valence-corrected chi connectivity index (χ1v) is 6.23. The van der Waals surface area contributed by atoms with Crippen LogP contribution in [0, 0.1) is 5.92 Å². The average molecular weight is 287 g/mol. The number of nitrogens with one attached hydrogen (secondary N) is 2. The fourth-order valence-electron chi connectivity index (χ4n) is 1.90. The Morgan fingerprint density at radius 1 is 1.62 bits per heavy atom. The predicted molar refractivity (Wildman–Crippen MR) is 64.3 cm³/mol. The van der Waals surface area contributed by atoms with E-state index < -0.39 is 0 Å². The third kappa shape index (κ3) is 2.65. The minimum absolute atomic E-state index is 0.135. The maximum absolute atomic E-state index is 11.8. The number of halogens is 1. The quantitative estimate of drug-likeness (QED) is 0.871. The number of carbonyl (C=O) groups excluding carboxylic acids is 1. The second-order valence-corrected chi connectivity index (χ2v) is 4.94. The molecule has 0 aliphatic carbocycles. The number of furan rings is 1. The Morgan fingerprint density at radius 3 is 3.06 bits per heavy atom. The first-order valence-electron chi connectivity index (χ1n) is 5.44. The van der Waals surface area contributed by atoms with Gasteiger partial charge in [0.2, 0.25) is 0 Å². The van der Waals surface area contributed by atoms with E-state index in [4.69, 9.17) is 4.42 Å². The third-order valence-electron chi connectivity index (χ3n) is 2.90. The van der Waals surface area contributed by atoms with Crippen LogP contribution in [0.5, 0.6) is 0 Å². The maximum atomic E-state index is 11.8. The van der Waals surface area contributed by atoms with Crippen molar-refractivity contribution in [1.29, 1.82) is 0 Å². The maximum Gasteiger partial charge on any atom is 0.287 e. The molecule has 0 bridgehead atoms. The van der Waals surface area contributed by atoms with Gasteiger partial charge in [0, 0.05) is 6.04 Å². The Labute approximate surface area is 103 Å². The molecule has 2 N–H and O–H groups in total. The van der Waals surface area contributed by atoms with Gasteiger partial charge < -0.3 is 15.1 Å². The van der Waals surface area contributed by atoms with Crippen LogP contribution in [0.15, 0.2) is 21.2 Å². The Kier molecular flexibility index (Phi) is 3.66. The van der Waals surface area contributed by atoms with Gasteiger partial charge >= 0.3 is 0 Å². The van der Waals surface area contributed by atoms with Crippen LogP contribution in [0.2, 0.25) is 0 Å². The summed E-state index contributed by atoms with van der Waals surface area (Å²) in [5.41, 5.74) is 0. The first kappa shape index (κ1) is 11.7. The van der Waals surface area contributed by atoms with E-state index in [1.807, 2.05) is 0 Å². The van der Waals surface area contributed by atoms with Crippen molar-refractivity contribution in [3.05, 3.63) is 22.6 Å². The standard InChI is InChI=1S/C11H15BrN2O2/c1-7-6-13-5-4-8(7)14-11(15)9-2-3-10(12)16-9/h2-3,7-8,13H,4-6H2,1H3,(H,14,15). The lowest BCUT2D eigenvalue weighted by atomic mass is 9.95. The van der Waals surface area contributed by atoms with Gasteiger partial charge in [0.15, 0.2) is 10.4 Å². The fraction of sp³-hybridized carbons (Fsp3) is 0.545. The topological polar surface area (TPSA) is 54.3 Å². The average Bonchev–Trinajstić information content (AvgIpc) is 2.68. The zero-order valence-electron chi connectivity index (χ0n) is 9.13. The van der Waals surface area contributed by atoms with Crippen molar-refractivity contribution >= 4 is 21.8 Å². The van der Waals surface area contributed by atoms with Crippen molar-refractivity contribution < 1.29 is 9.21 Å². The summed E-state index contributed by atoms with van der Waals surface area (Å²) in [4.78, 5) is 11.8. The van der Waals surface area contributed by atoms with E-state index in [1.165, 1.54) is 0 Å². The highest BCUT2D eigenvalue weighted by Crippen LogP contribution is 2.15. The number of rotatable bonds is 2. The molecule has 0 spiro atoms. The second-order valence-electron chi connectivity index (χ2n) is 4.15. The molecule has 2 unspecified atom stereocenters. The first-order chi connectivity index (χ1) is 7.66. The van der Waals surface area contributed by atoms with Crippen molar-refractivity contribution in [2.24, 2.45) is 5.92 Å². The molecule has 1 aliphatic heterocycles. The van der Waals surface area contributed by atoms with Crippen LogP contribution in [-0.4, -0.2) is 25.0 Å². The Hall–Kier alpha value is -0.810. The lowest BCUT2D eigenvalue weighted by molar-refractivity contribution is 0.0884. The lowest BCUT2D eigenvalue weighted by Crippen LogP contribution is -2.48. The van der Waals surface area contributed by atoms with Crippen LogP contribution in [0.3, 0.4) is 0 Å². The van der Waals surface area contributed by atoms with E-state index >= 15 is 0 Å². The van der Waals surface area contributed by atoms with Gasteiger partial charge in [-0.15, -0.1) is 0 Å². The normalized spacial score (nSPS) is 25.4. The molecule has 2 rings (SSSR count). The van der Waals surface area contributed by atoms with Crippen molar-refractivity contribution in [2.75, 3.05) is 13.1 Å². The van der Waals surface area contributed by atoms with Crippen LogP contribution in [0.25, 0.3) is 0 Å². The van der Waals surface area contributed by atoms with E-state index in [9.17, 15) is 4.79 Å². The highest BCUT2D eigenvalue weighted by molar-refractivity contribution is 9.10. The minimum atomic E-state index is -0.135. The molecule has 5 heteroatoms. The zero-order valence-corrected chi connectivity index (χ0v) is 10.7. The summed E-state index contributed by atoms with van der Waals surface area (Å²) >= 11 is 3.18. The van der Waals surface area contributed by atoms with E-state index in [0.717, 1.165) is 19.5 Å². The molecule has 1 aromatic heterocycles. The molecule has 1 fully saturated rings. The molecule has 1 amide bonds. The monoisotopic (exact) mass is 286 g/mol. The third-order valence-corrected chi connectivity index (χ3v) is 3.33. The van der Waals surface area contributed by atoms with Crippen LogP contribution < -0.4 is 10.6 Å². The molecule has 0 radical (unpaired) electrons. The molecule has 2 atom stereocenters. The largest absolute Gasteiger partial charge is 0.444 e. The van der Waals surface area contributed by atoms with Gasteiger partial charge in [0.25, 0.3) is 5.91 Å². The molecular weight excluding hydrogens is 272 g/mol. The number of hydrogen-bond acceptors (Lipinski definition) is 3. The van der Waals surface area contributed by atoms with E-state index in [-0.39, 0.29) is 11.9 Å². The van der Waals surface area contributed by atoms with Gasteiger partial charge in [0.05, 0.1) is 0 Å². The smallest absolute Gasteiger partial charge is 0.287 e. The predicted octanol–water partition coefficient (Wildman–Crippen LogP) is 1.77. The summed E-state index contributed by atoms with van der Waals surface area (Å²) in [6.45, 7) is 4.04. The minimum Gasteiger partial charge on any atom is -0.444 e. The molecule has 0 saturated carbocycles. The summed E-state index contributed by atoms with van der Waals surface area (Å²) in [6, 6.07) is 3.63. The number of carbonyl (C=O) groups is 1. The zero-order chi connectivity index (χ0) is 11.5. The molecule has 1 aliphatic rings. The van der Waals surface area contributed by atoms with Crippen molar-refractivity contribution in [3.8, 4) is 0 Å². The van der Waals surface area contributed by atoms with Crippen LogP contribution in [0.1, 0.15) is 23.9 Å². The number of amides is 1. The van der Waals surface area contributed by atoms with Gasteiger partial charge in [-0.2, -0.15) is 0 Å². The summed E-state index contributed by atoms with van der Waals surface area (Å²) < 4.78 is 5.79. The van der Waals surface area contributed by atoms with E-state index in [2.05, 4.69) is 33.5 Å². The van der Waals surface area contributed by atoms with Crippen molar-refractivity contribution in [2.45, 2.75) is 19.4 Å². The SMILES string of the molecule is CC1CNCCC1NC(=O)c1ccc(Br)o1. The highest BCUT2D eigenvalue weighted by Gasteiger charge is 2.23. The molecule has 16 heavy (non-hydrogen) atoms. The van der Waals surface area contributed by atoms with Gasteiger partial charge in [-0.3, -0.25) is 4.79 Å². The molecule has 1 saturated heterocycles. The van der Waals surface area contributed by atoms with Gasteiger partial charge in [-0.05, 0) is 53.5 Å². The second kappa shape index (κ2) is 5.01. The summed E-state index contributed by atoms with van der Waals surface area (Å²) in [5, 5.41) is 6.30. The molecule has 4 nitrogen and oxygen atoms in total. The molecule has 1 aromatic rings. The molecular formula is C11H15BrN2O2. The van der Waals surface area contributed by atoms with Crippen molar-refractivity contribution in [1.82, 2.24) is 10.6 Å². The van der Waals surface area contributed by atoms with Crippen LogP contribution >= 0.6 is 15.9 Å². The van der Waals surface area contributed by atoms with Crippen LogP contribution in [0.4, 0.5) is 0 Å². The summed E-state index contributed by atoms with van der Waals surface area (Å²) in [6.07, 6.45) is 0.967.